The molecule has 0 aromatic carbocycles. The van der Waals surface area contributed by atoms with Crippen LogP contribution in [-0.4, -0.2) is 84.6 Å². The second kappa shape index (κ2) is 52.6. The molecule has 0 spiro atoms. The van der Waals surface area contributed by atoms with E-state index in [0.29, 0.717) is 23.9 Å². The van der Waals surface area contributed by atoms with Crippen LogP contribution in [0.1, 0.15) is 226 Å². The second-order valence-electron chi connectivity index (χ2n) is 20.8. The van der Waals surface area contributed by atoms with E-state index in [1.807, 2.05) is 21.1 Å². The number of amides is 1. The number of phosphoric ester groups is 1. The van der Waals surface area contributed by atoms with Crippen molar-refractivity contribution < 1.29 is 38.0 Å². The number of hydrogen-bond acceptors (Lipinski definition) is 6. The first kappa shape index (κ1) is 70.1. The molecule has 9 nitrogen and oxygen atoms in total. The fourth-order valence-electron chi connectivity index (χ4n) is 8.02. The number of carbonyl (C=O) groups is 1. The highest BCUT2D eigenvalue weighted by Crippen LogP contribution is 2.43. The number of quaternary nitrogens is 1. The lowest BCUT2D eigenvalue weighted by Crippen LogP contribution is -2.51. The molecular formula is C63H112N2O7P+. The maximum absolute atomic E-state index is 13.0. The molecular weight excluding hydrogens is 928 g/mol. The molecule has 0 aliphatic carbocycles. The summed E-state index contributed by atoms with van der Waals surface area (Å²) in [5, 5.41) is 24.8. The minimum Gasteiger partial charge on any atom is -0.390 e. The van der Waals surface area contributed by atoms with Crippen LogP contribution >= 0.6 is 7.82 Å². The molecule has 0 aliphatic rings. The first-order chi connectivity index (χ1) is 35.4. The van der Waals surface area contributed by atoms with E-state index in [1.54, 1.807) is 0 Å². The normalized spacial score (nSPS) is 15.1. The fraction of sp³-hybridized carbons (Fsp3) is 0.698. The number of aliphatic hydroxyl groups is 2. The molecule has 0 bridgehead atoms. The zero-order chi connectivity index (χ0) is 53.6. The third kappa shape index (κ3) is 53.7. The molecule has 0 heterocycles. The molecule has 10 heteroatoms. The molecule has 0 saturated carbocycles. The molecule has 0 aromatic heterocycles. The highest BCUT2D eigenvalue weighted by atomic mass is 31.2. The van der Waals surface area contributed by atoms with Crippen LogP contribution in [0.25, 0.3) is 0 Å². The maximum atomic E-state index is 13.0. The lowest BCUT2D eigenvalue weighted by Gasteiger charge is -2.28. The number of nitrogens with zero attached hydrogens (tertiary/aromatic N) is 1. The van der Waals surface area contributed by atoms with E-state index < -0.39 is 32.7 Å². The molecule has 0 aliphatic heterocycles. The Morgan fingerprint density at radius 3 is 1.25 bits per heavy atom. The van der Waals surface area contributed by atoms with Crippen molar-refractivity contribution in [3.8, 4) is 0 Å². The average Bonchev–Trinajstić information content (AvgIpc) is 3.35. The minimum absolute atomic E-state index is 0.0157. The molecule has 4 atom stereocenters. The van der Waals surface area contributed by atoms with Gasteiger partial charge in [-0.05, 0) is 83.5 Å². The summed E-state index contributed by atoms with van der Waals surface area (Å²) in [5.41, 5.74) is 0. The zero-order valence-corrected chi connectivity index (χ0v) is 48.3. The standard InChI is InChI=1S/C63H111N2O7P/c1-6-8-10-12-14-16-18-20-21-22-23-24-25-26-27-28-29-30-31-32-33-34-35-36-37-38-39-40-41-42-43-44-46-48-50-52-54-56-62(67)64-60(59-72-73(69,70)71-58-57-65(3,4)5)63(68)61(66)55-53-51-49-47-45-19-17-15-13-11-9-7-2/h8,10,14,16,20-21,23-24,26-27,29-30,32-33,35-36,38-39,60-61,63,66,68H,6-7,9,11-13,15,17-19,22,25,28,31,34,37,40-59H2,1-5H3,(H-,64,67,69,70)/p+1/b10-8-,16-14-,21-20-,24-23-,27-26-,30-29-,33-32-,36-35-,39-38-. The Morgan fingerprint density at radius 1 is 0.493 bits per heavy atom. The number of aliphatic hydroxyl groups excluding tert-OH is 2. The van der Waals surface area contributed by atoms with Gasteiger partial charge in [0.2, 0.25) is 5.91 Å². The Hall–Kier alpha value is -2.88. The van der Waals surface area contributed by atoms with Crippen molar-refractivity contribution in [2.45, 2.75) is 244 Å². The van der Waals surface area contributed by atoms with E-state index >= 15 is 0 Å². The topological polar surface area (TPSA) is 125 Å². The summed E-state index contributed by atoms with van der Waals surface area (Å²) in [6.07, 6.45) is 73.2. The molecule has 1 amide bonds. The van der Waals surface area contributed by atoms with Crippen molar-refractivity contribution in [3.63, 3.8) is 0 Å². The number of unbranched alkanes of at least 4 members (excludes halogenated alkanes) is 20. The summed E-state index contributed by atoms with van der Waals surface area (Å²) in [7, 11) is 1.42. The van der Waals surface area contributed by atoms with Crippen LogP contribution in [0, 0.1) is 0 Å². The molecule has 4 unspecified atom stereocenters. The predicted octanol–water partition coefficient (Wildman–Crippen LogP) is 17.0. The Bertz CT molecular complexity index is 1570. The van der Waals surface area contributed by atoms with Gasteiger partial charge >= 0.3 is 7.82 Å². The van der Waals surface area contributed by atoms with Gasteiger partial charge in [-0.15, -0.1) is 0 Å². The van der Waals surface area contributed by atoms with E-state index in [0.717, 1.165) is 103 Å². The summed E-state index contributed by atoms with van der Waals surface area (Å²) in [5.74, 6) is -0.269. The lowest BCUT2D eigenvalue weighted by molar-refractivity contribution is -0.870. The Balaban J connectivity index is 4.18. The largest absolute Gasteiger partial charge is 0.472 e. The summed E-state index contributed by atoms with van der Waals surface area (Å²) in [6, 6.07) is -1.04. The average molecular weight is 1040 g/mol. The van der Waals surface area contributed by atoms with Crippen LogP contribution in [-0.2, 0) is 18.4 Å². The van der Waals surface area contributed by atoms with Crippen LogP contribution < -0.4 is 5.32 Å². The molecule has 0 rings (SSSR count). The number of hydrogen-bond donors (Lipinski definition) is 4. The molecule has 420 valence electrons. The minimum atomic E-state index is -4.43. The van der Waals surface area contributed by atoms with Gasteiger partial charge in [-0.2, -0.15) is 0 Å². The lowest BCUT2D eigenvalue weighted by atomic mass is 9.99. The van der Waals surface area contributed by atoms with Crippen molar-refractivity contribution in [2.75, 3.05) is 40.9 Å². The number of likely N-dealkylation sites (N-methyl/N-ethyl adjacent to an activating group) is 1. The SMILES string of the molecule is CC/C=C\C/C=C\C/C=C\C/C=C\C/C=C\C/C=C\C/C=C\C/C=C\C/C=C\CCCCCCCCCCCC(=O)NC(COP(=O)(O)OCC[N+](C)(C)C)C(O)C(O)CCCCCCCCCCCCCC. The number of allylic oxidation sites excluding steroid dienone is 18. The monoisotopic (exact) mass is 1040 g/mol. The quantitative estimate of drug-likeness (QED) is 0.0207. The van der Waals surface area contributed by atoms with Gasteiger partial charge in [0, 0.05) is 6.42 Å². The maximum Gasteiger partial charge on any atom is 0.472 e. The predicted molar refractivity (Wildman–Crippen MR) is 315 cm³/mol. The molecule has 0 fully saturated rings. The fourth-order valence-corrected chi connectivity index (χ4v) is 8.75. The third-order valence-electron chi connectivity index (χ3n) is 12.6. The number of rotatable bonds is 52. The van der Waals surface area contributed by atoms with Crippen molar-refractivity contribution in [1.29, 1.82) is 0 Å². The smallest absolute Gasteiger partial charge is 0.390 e. The molecule has 0 saturated heterocycles. The van der Waals surface area contributed by atoms with Crippen LogP contribution in [0.3, 0.4) is 0 Å². The van der Waals surface area contributed by atoms with Crippen LogP contribution in [0.15, 0.2) is 109 Å². The first-order valence-electron chi connectivity index (χ1n) is 29.3. The van der Waals surface area contributed by atoms with E-state index in [-0.39, 0.29) is 18.9 Å². The van der Waals surface area contributed by atoms with E-state index in [2.05, 4.69) is 129 Å². The van der Waals surface area contributed by atoms with Gasteiger partial charge in [0.1, 0.15) is 19.3 Å². The molecule has 0 aromatic rings. The van der Waals surface area contributed by atoms with Crippen molar-refractivity contribution in [1.82, 2.24) is 5.32 Å². The summed E-state index contributed by atoms with van der Waals surface area (Å²) in [6.45, 7) is 4.48. The summed E-state index contributed by atoms with van der Waals surface area (Å²) in [4.78, 5) is 23.3. The third-order valence-corrected chi connectivity index (χ3v) is 13.6. The molecule has 73 heavy (non-hydrogen) atoms. The van der Waals surface area contributed by atoms with Crippen molar-refractivity contribution in [2.24, 2.45) is 0 Å². The van der Waals surface area contributed by atoms with Gasteiger partial charge in [-0.1, -0.05) is 245 Å². The Kier molecular flexibility index (Phi) is 50.5. The summed E-state index contributed by atoms with van der Waals surface area (Å²) >= 11 is 0. The Labute approximate surface area is 449 Å². The molecule has 0 radical (unpaired) electrons. The number of phosphoric acid groups is 1. The van der Waals surface area contributed by atoms with Gasteiger partial charge in [-0.3, -0.25) is 13.8 Å². The second-order valence-corrected chi connectivity index (χ2v) is 22.2. The van der Waals surface area contributed by atoms with Crippen molar-refractivity contribution >= 4 is 13.7 Å². The number of carbonyl (C=O) groups excluding carboxylic acids is 1. The van der Waals surface area contributed by atoms with E-state index in [4.69, 9.17) is 9.05 Å². The van der Waals surface area contributed by atoms with Crippen LogP contribution in [0.5, 0.6) is 0 Å². The van der Waals surface area contributed by atoms with Gasteiger partial charge in [0.05, 0.1) is 39.9 Å². The van der Waals surface area contributed by atoms with Crippen LogP contribution in [0.2, 0.25) is 0 Å². The summed E-state index contributed by atoms with van der Waals surface area (Å²) < 4.78 is 23.6. The van der Waals surface area contributed by atoms with Crippen molar-refractivity contribution in [3.05, 3.63) is 109 Å². The first-order valence-corrected chi connectivity index (χ1v) is 30.8. The van der Waals surface area contributed by atoms with Gasteiger partial charge in [-0.25, -0.2) is 4.57 Å². The molecule has 4 N–H and O–H groups in total. The van der Waals surface area contributed by atoms with E-state index in [1.165, 1.54) is 89.9 Å². The number of nitrogens with one attached hydrogen (secondary N) is 1. The highest BCUT2D eigenvalue weighted by Gasteiger charge is 2.32. The zero-order valence-electron chi connectivity index (χ0n) is 47.4. The Morgan fingerprint density at radius 2 is 0.849 bits per heavy atom. The highest BCUT2D eigenvalue weighted by molar-refractivity contribution is 7.47. The van der Waals surface area contributed by atoms with E-state index in [9.17, 15) is 24.5 Å². The van der Waals surface area contributed by atoms with Gasteiger partial charge < -0.3 is 24.9 Å². The van der Waals surface area contributed by atoms with Gasteiger partial charge in [0.25, 0.3) is 0 Å². The van der Waals surface area contributed by atoms with Crippen LogP contribution in [0.4, 0.5) is 0 Å². The van der Waals surface area contributed by atoms with Gasteiger partial charge in [0.15, 0.2) is 0 Å².